The number of aryl methyl sites for hydroxylation is 3. The summed E-state index contributed by atoms with van der Waals surface area (Å²) in [4.78, 5) is 29.5. The predicted octanol–water partition coefficient (Wildman–Crippen LogP) is 3.88. The summed E-state index contributed by atoms with van der Waals surface area (Å²) < 4.78 is 14.8. The van der Waals surface area contributed by atoms with E-state index in [0.29, 0.717) is 16.9 Å². The van der Waals surface area contributed by atoms with Gasteiger partial charge in [-0.2, -0.15) is 0 Å². The summed E-state index contributed by atoms with van der Waals surface area (Å²) in [5, 5.41) is 5.98. The van der Waals surface area contributed by atoms with Gasteiger partial charge in [-0.3, -0.25) is 14.2 Å². The maximum absolute atomic E-state index is 13.6. The molecule has 0 saturated carbocycles. The topological polar surface area (TPSA) is 76.0 Å². The predicted molar refractivity (Wildman–Crippen MR) is 120 cm³/mol. The lowest BCUT2D eigenvalue weighted by Gasteiger charge is -2.17. The van der Waals surface area contributed by atoms with Crippen LogP contribution >= 0.6 is 0 Å². The van der Waals surface area contributed by atoms with E-state index in [1.807, 2.05) is 25.1 Å². The summed E-state index contributed by atoms with van der Waals surface area (Å²) in [6.45, 7) is 5.14. The lowest BCUT2D eigenvalue weighted by molar-refractivity contribution is -0.122. The number of carbonyl (C=O) groups is 1. The van der Waals surface area contributed by atoms with Crippen molar-refractivity contribution in [3.63, 3.8) is 0 Å². The van der Waals surface area contributed by atoms with E-state index in [9.17, 15) is 14.0 Å². The fourth-order valence-electron chi connectivity index (χ4n) is 3.28. The Morgan fingerprint density at radius 3 is 2.58 bits per heavy atom. The SMILES string of the molecule is Cc1cc(=O)n(CC(=O)N[C@H](C)CCc2ccccc2)c(Nc2ccc(F)c(C)c2)n1. The number of carbonyl (C=O) groups excluding carboxylic acids is 1. The molecule has 0 aliphatic rings. The van der Waals surface area contributed by atoms with Crippen molar-refractivity contribution in [1.82, 2.24) is 14.9 Å². The van der Waals surface area contributed by atoms with Gasteiger partial charge < -0.3 is 10.6 Å². The minimum Gasteiger partial charge on any atom is -0.352 e. The number of aromatic nitrogens is 2. The number of rotatable bonds is 8. The molecular formula is C24H27FN4O2. The molecule has 6 nitrogen and oxygen atoms in total. The number of halogens is 1. The normalized spacial score (nSPS) is 11.7. The van der Waals surface area contributed by atoms with Crippen molar-refractivity contribution < 1.29 is 9.18 Å². The fourth-order valence-corrected chi connectivity index (χ4v) is 3.28. The molecule has 162 valence electrons. The Bertz CT molecular complexity index is 1110. The van der Waals surface area contributed by atoms with Crippen molar-refractivity contribution >= 4 is 17.5 Å². The molecular weight excluding hydrogens is 395 g/mol. The zero-order chi connectivity index (χ0) is 22.4. The zero-order valence-corrected chi connectivity index (χ0v) is 18.0. The van der Waals surface area contributed by atoms with Gasteiger partial charge in [0, 0.05) is 23.5 Å². The Hall–Kier alpha value is -3.48. The first-order valence-electron chi connectivity index (χ1n) is 10.3. The second-order valence-electron chi connectivity index (χ2n) is 7.73. The number of nitrogens with zero attached hydrogens (tertiary/aromatic N) is 2. The molecule has 3 aromatic rings. The van der Waals surface area contributed by atoms with Crippen LogP contribution < -0.4 is 16.2 Å². The first kappa shape index (κ1) is 22.2. The van der Waals surface area contributed by atoms with Crippen LogP contribution in [0.4, 0.5) is 16.0 Å². The van der Waals surface area contributed by atoms with E-state index in [1.54, 1.807) is 26.0 Å². The minimum atomic E-state index is -0.332. The third-order valence-corrected chi connectivity index (χ3v) is 4.97. The standard InChI is InChI=1S/C24H27FN4O2/c1-16-13-20(11-12-21(16)25)28-24-27-18(3)14-23(31)29(24)15-22(30)26-17(2)9-10-19-7-5-4-6-8-19/h4-8,11-14,17H,9-10,15H2,1-3H3,(H,26,30)(H,27,28)/t17-/m1/s1. The van der Waals surface area contributed by atoms with Crippen molar-refractivity contribution in [1.29, 1.82) is 0 Å². The van der Waals surface area contributed by atoms with Crippen LogP contribution in [0, 0.1) is 19.7 Å². The van der Waals surface area contributed by atoms with Crippen LogP contribution in [-0.2, 0) is 17.8 Å². The van der Waals surface area contributed by atoms with Crippen molar-refractivity contribution in [2.24, 2.45) is 0 Å². The van der Waals surface area contributed by atoms with Gasteiger partial charge in [0.2, 0.25) is 11.9 Å². The number of nitrogens with one attached hydrogen (secondary N) is 2. The molecule has 0 radical (unpaired) electrons. The third-order valence-electron chi connectivity index (χ3n) is 4.97. The van der Waals surface area contributed by atoms with Crippen molar-refractivity contribution in [3.05, 3.63) is 87.6 Å². The molecule has 0 aliphatic carbocycles. The van der Waals surface area contributed by atoms with Gasteiger partial charge in [0.1, 0.15) is 12.4 Å². The van der Waals surface area contributed by atoms with Crippen molar-refractivity contribution in [3.8, 4) is 0 Å². The highest BCUT2D eigenvalue weighted by molar-refractivity contribution is 5.76. The first-order valence-corrected chi connectivity index (χ1v) is 10.3. The molecule has 0 saturated heterocycles. The van der Waals surface area contributed by atoms with Gasteiger partial charge in [-0.1, -0.05) is 30.3 Å². The summed E-state index contributed by atoms with van der Waals surface area (Å²) >= 11 is 0. The fraction of sp³-hybridized carbons (Fsp3) is 0.292. The summed E-state index contributed by atoms with van der Waals surface area (Å²) in [5.41, 5.74) is 2.46. The summed E-state index contributed by atoms with van der Waals surface area (Å²) in [5.74, 6) is -0.348. The molecule has 3 rings (SSSR count). The maximum atomic E-state index is 13.6. The second kappa shape index (κ2) is 10.0. The molecule has 0 unspecified atom stereocenters. The van der Waals surface area contributed by atoms with E-state index < -0.39 is 0 Å². The molecule has 0 aliphatic heterocycles. The highest BCUT2D eigenvalue weighted by Crippen LogP contribution is 2.17. The van der Waals surface area contributed by atoms with Gasteiger partial charge in [0.05, 0.1) is 0 Å². The highest BCUT2D eigenvalue weighted by Gasteiger charge is 2.14. The van der Waals surface area contributed by atoms with E-state index in [1.165, 1.54) is 22.3 Å². The zero-order valence-electron chi connectivity index (χ0n) is 18.0. The summed E-state index contributed by atoms with van der Waals surface area (Å²) in [6.07, 6.45) is 1.64. The van der Waals surface area contributed by atoms with Gasteiger partial charge >= 0.3 is 0 Å². The monoisotopic (exact) mass is 422 g/mol. The van der Waals surface area contributed by atoms with Crippen LogP contribution in [0.3, 0.4) is 0 Å². The Kier molecular flexibility index (Phi) is 7.18. The number of anilines is 2. The van der Waals surface area contributed by atoms with Gasteiger partial charge in [0.25, 0.3) is 5.56 Å². The molecule has 2 aromatic carbocycles. The first-order chi connectivity index (χ1) is 14.8. The average Bonchev–Trinajstić information content (AvgIpc) is 2.72. The van der Waals surface area contributed by atoms with Crippen LogP contribution in [-0.4, -0.2) is 21.5 Å². The van der Waals surface area contributed by atoms with Gasteiger partial charge in [0.15, 0.2) is 0 Å². The van der Waals surface area contributed by atoms with Crippen LogP contribution in [0.2, 0.25) is 0 Å². The molecule has 2 N–H and O–H groups in total. The third kappa shape index (κ3) is 6.25. The smallest absolute Gasteiger partial charge is 0.255 e. The van der Waals surface area contributed by atoms with Crippen LogP contribution in [0.25, 0.3) is 0 Å². The van der Waals surface area contributed by atoms with Crippen LogP contribution in [0.5, 0.6) is 0 Å². The molecule has 7 heteroatoms. The van der Waals surface area contributed by atoms with Gasteiger partial charge in [-0.25, -0.2) is 9.37 Å². The lowest BCUT2D eigenvalue weighted by Crippen LogP contribution is -2.38. The second-order valence-corrected chi connectivity index (χ2v) is 7.73. The van der Waals surface area contributed by atoms with Gasteiger partial charge in [-0.05, 0) is 62.9 Å². The molecule has 1 heterocycles. The minimum absolute atomic E-state index is 0.0435. The van der Waals surface area contributed by atoms with Crippen molar-refractivity contribution in [2.75, 3.05) is 5.32 Å². The number of hydrogen-bond donors (Lipinski definition) is 2. The van der Waals surface area contributed by atoms with Crippen LogP contribution in [0.1, 0.15) is 30.2 Å². The van der Waals surface area contributed by atoms with E-state index in [0.717, 1.165) is 12.8 Å². The van der Waals surface area contributed by atoms with Crippen LogP contribution in [0.15, 0.2) is 59.4 Å². The van der Waals surface area contributed by atoms with E-state index in [4.69, 9.17) is 0 Å². The van der Waals surface area contributed by atoms with E-state index in [-0.39, 0.29) is 35.8 Å². The van der Waals surface area contributed by atoms with Crippen molar-refractivity contribution in [2.45, 2.75) is 46.2 Å². The number of amides is 1. The Morgan fingerprint density at radius 1 is 1.13 bits per heavy atom. The van der Waals surface area contributed by atoms with Gasteiger partial charge in [-0.15, -0.1) is 0 Å². The Morgan fingerprint density at radius 2 is 1.87 bits per heavy atom. The molecule has 1 amide bonds. The highest BCUT2D eigenvalue weighted by atomic mass is 19.1. The molecule has 0 fully saturated rings. The molecule has 0 spiro atoms. The summed E-state index contributed by atoms with van der Waals surface area (Å²) in [6, 6.07) is 15.9. The molecule has 1 aromatic heterocycles. The molecule has 31 heavy (non-hydrogen) atoms. The summed E-state index contributed by atoms with van der Waals surface area (Å²) in [7, 11) is 0. The Labute approximate surface area is 181 Å². The number of hydrogen-bond acceptors (Lipinski definition) is 4. The van der Waals surface area contributed by atoms with E-state index >= 15 is 0 Å². The quantitative estimate of drug-likeness (QED) is 0.578. The largest absolute Gasteiger partial charge is 0.352 e. The lowest BCUT2D eigenvalue weighted by atomic mass is 10.1. The maximum Gasteiger partial charge on any atom is 0.255 e. The Balaban J connectivity index is 1.69. The molecule has 0 bridgehead atoms. The number of benzene rings is 2. The average molecular weight is 423 g/mol. The molecule has 1 atom stereocenters. The van der Waals surface area contributed by atoms with E-state index in [2.05, 4.69) is 27.8 Å².